The van der Waals surface area contributed by atoms with Crippen LogP contribution < -0.4 is 10.6 Å². The van der Waals surface area contributed by atoms with Crippen LogP contribution in [0.4, 0.5) is 11.4 Å². The Labute approximate surface area is 249 Å². The van der Waals surface area contributed by atoms with Gasteiger partial charge in [-0.15, -0.1) is 5.10 Å². The summed E-state index contributed by atoms with van der Waals surface area (Å²) in [6.45, 7) is 0. The number of halogens is 1. The van der Waals surface area contributed by atoms with E-state index in [9.17, 15) is 17.2 Å². The highest BCUT2D eigenvalue weighted by Crippen LogP contribution is 2.38. The van der Waals surface area contributed by atoms with Crippen molar-refractivity contribution in [3.05, 3.63) is 112 Å². The minimum Gasteiger partial charge on any atom is -0.376 e. The molecule has 9 nitrogen and oxygen atoms in total. The monoisotopic (exact) mass is 570 g/mol. The lowest BCUT2D eigenvalue weighted by atomic mass is 10.0. The predicted octanol–water partition coefficient (Wildman–Crippen LogP) is 6.83. The van der Waals surface area contributed by atoms with Crippen molar-refractivity contribution in [1.82, 2.24) is 20.0 Å². The van der Waals surface area contributed by atoms with Crippen LogP contribution in [0, 0.1) is 34.0 Å². The zero-order chi connectivity index (χ0) is 30.0. The Kier molecular flexibility index (Phi) is 7.04. The SMILES string of the molecule is [2H][C@](Nc1cc(Cl)c2ncc(C#N)c(N[C@@H](CC#N)c3ccccc3)c2c1)(c1cccc(C#N)c1)c1cn(C2CC2)nn1. The van der Waals surface area contributed by atoms with Crippen LogP contribution in [0.1, 0.15) is 66.7 Å². The van der Waals surface area contributed by atoms with Crippen LogP contribution in [0.2, 0.25) is 5.02 Å². The molecular formula is C32H24ClN9. The fourth-order valence-electron chi connectivity index (χ4n) is 4.86. The topological polar surface area (TPSA) is 139 Å². The third kappa shape index (κ3) is 5.45. The van der Waals surface area contributed by atoms with E-state index in [0.717, 1.165) is 18.4 Å². The maximum absolute atomic E-state index is 10.00. The van der Waals surface area contributed by atoms with Gasteiger partial charge in [0.1, 0.15) is 11.8 Å². The summed E-state index contributed by atoms with van der Waals surface area (Å²) < 4.78 is 11.4. The highest BCUT2D eigenvalue weighted by molar-refractivity contribution is 6.35. The number of aromatic nitrogens is 4. The molecule has 204 valence electrons. The van der Waals surface area contributed by atoms with Gasteiger partial charge in [0.2, 0.25) is 0 Å². The van der Waals surface area contributed by atoms with Gasteiger partial charge in [-0.3, -0.25) is 4.98 Å². The summed E-state index contributed by atoms with van der Waals surface area (Å²) in [5.41, 5.74) is 3.82. The minimum atomic E-state index is -1.64. The second kappa shape index (κ2) is 11.6. The molecule has 0 amide bonds. The molecule has 3 aromatic carbocycles. The van der Waals surface area contributed by atoms with E-state index in [2.05, 4.69) is 44.1 Å². The Morgan fingerprint density at radius 1 is 1.00 bits per heavy atom. The van der Waals surface area contributed by atoms with Gasteiger partial charge in [0.05, 0.1) is 71.6 Å². The van der Waals surface area contributed by atoms with E-state index in [1.165, 1.54) is 6.20 Å². The third-order valence-electron chi connectivity index (χ3n) is 7.10. The third-order valence-corrected chi connectivity index (χ3v) is 7.39. The van der Waals surface area contributed by atoms with Gasteiger partial charge in [-0.1, -0.05) is 59.3 Å². The maximum atomic E-state index is 10.00. The van der Waals surface area contributed by atoms with Crippen molar-refractivity contribution in [3.8, 4) is 18.2 Å². The molecule has 1 aliphatic rings. The first-order chi connectivity index (χ1) is 20.9. The number of fused-ring (bicyclic) bond motifs is 1. The van der Waals surface area contributed by atoms with E-state index in [4.69, 9.17) is 11.6 Å². The summed E-state index contributed by atoms with van der Waals surface area (Å²) in [5, 5.41) is 45.3. The van der Waals surface area contributed by atoms with Crippen molar-refractivity contribution in [3.63, 3.8) is 0 Å². The summed E-state index contributed by atoms with van der Waals surface area (Å²) in [5.74, 6) is 0. The summed E-state index contributed by atoms with van der Waals surface area (Å²) in [6.07, 6.45) is 5.38. The molecule has 0 bridgehead atoms. The molecule has 2 atom stereocenters. The Balaban J connectivity index is 1.48. The summed E-state index contributed by atoms with van der Waals surface area (Å²) in [7, 11) is 0. The van der Waals surface area contributed by atoms with Crippen molar-refractivity contribution in [2.45, 2.75) is 37.4 Å². The van der Waals surface area contributed by atoms with Gasteiger partial charge in [0.15, 0.2) is 0 Å². The van der Waals surface area contributed by atoms with Crippen LogP contribution in [-0.4, -0.2) is 20.0 Å². The fourth-order valence-corrected chi connectivity index (χ4v) is 5.12. The van der Waals surface area contributed by atoms with E-state index >= 15 is 0 Å². The van der Waals surface area contributed by atoms with Crippen LogP contribution in [0.25, 0.3) is 10.9 Å². The van der Waals surface area contributed by atoms with E-state index in [1.54, 1.807) is 47.3 Å². The van der Waals surface area contributed by atoms with Crippen LogP contribution >= 0.6 is 11.6 Å². The molecule has 2 heterocycles. The summed E-state index contributed by atoms with van der Waals surface area (Å²) in [6, 6.07) is 24.6. The Hall–Kier alpha value is -5.43. The van der Waals surface area contributed by atoms with E-state index in [-0.39, 0.29) is 18.0 Å². The maximum Gasteiger partial charge on any atom is 0.109 e. The molecule has 42 heavy (non-hydrogen) atoms. The van der Waals surface area contributed by atoms with Crippen molar-refractivity contribution >= 4 is 33.9 Å². The second-order valence-electron chi connectivity index (χ2n) is 9.99. The van der Waals surface area contributed by atoms with E-state index in [0.29, 0.717) is 44.1 Å². The lowest BCUT2D eigenvalue weighted by Gasteiger charge is -2.22. The molecule has 0 aliphatic heterocycles. The molecule has 6 rings (SSSR count). The molecule has 0 saturated heterocycles. The predicted molar refractivity (Wildman–Crippen MR) is 159 cm³/mol. The average molecular weight is 571 g/mol. The number of anilines is 2. The van der Waals surface area contributed by atoms with Crippen molar-refractivity contribution in [1.29, 1.82) is 15.8 Å². The average Bonchev–Trinajstić information content (AvgIpc) is 3.76. The second-order valence-corrected chi connectivity index (χ2v) is 10.4. The molecule has 10 heteroatoms. The van der Waals surface area contributed by atoms with E-state index < -0.39 is 12.1 Å². The largest absolute Gasteiger partial charge is 0.376 e. The number of hydrogen-bond donors (Lipinski definition) is 2. The molecule has 1 fully saturated rings. The van der Waals surface area contributed by atoms with E-state index in [1.807, 2.05) is 30.3 Å². The number of nitrogens with zero attached hydrogens (tertiary/aromatic N) is 7. The lowest BCUT2D eigenvalue weighted by molar-refractivity contribution is 0.610. The number of rotatable bonds is 9. The van der Waals surface area contributed by atoms with Gasteiger partial charge in [-0.25, -0.2) is 4.68 Å². The quantitative estimate of drug-likeness (QED) is 0.196. The van der Waals surface area contributed by atoms with Gasteiger partial charge < -0.3 is 10.6 Å². The van der Waals surface area contributed by atoms with Gasteiger partial charge in [-0.05, 0) is 48.2 Å². The number of benzene rings is 3. The molecule has 2 aromatic heterocycles. The highest BCUT2D eigenvalue weighted by atomic mass is 35.5. The molecule has 0 radical (unpaired) electrons. The molecular weight excluding hydrogens is 546 g/mol. The fraction of sp³-hybridized carbons (Fsp3) is 0.188. The summed E-state index contributed by atoms with van der Waals surface area (Å²) in [4.78, 5) is 4.45. The molecule has 2 N–H and O–H groups in total. The summed E-state index contributed by atoms with van der Waals surface area (Å²) >= 11 is 6.77. The first-order valence-electron chi connectivity index (χ1n) is 13.9. The van der Waals surface area contributed by atoms with Gasteiger partial charge in [-0.2, -0.15) is 15.8 Å². The van der Waals surface area contributed by atoms with Gasteiger partial charge in [0, 0.05) is 17.3 Å². The molecule has 0 unspecified atom stereocenters. The van der Waals surface area contributed by atoms with Crippen molar-refractivity contribution in [2.24, 2.45) is 0 Å². The zero-order valence-corrected chi connectivity index (χ0v) is 23.0. The Bertz CT molecular complexity index is 1950. The van der Waals surface area contributed by atoms with Gasteiger partial charge >= 0.3 is 0 Å². The Morgan fingerprint density at radius 2 is 1.81 bits per heavy atom. The van der Waals surface area contributed by atoms with Crippen molar-refractivity contribution < 1.29 is 1.37 Å². The van der Waals surface area contributed by atoms with Gasteiger partial charge in [0.25, 0.3) is 0 Å². The number of hydrogen-bond acceptors (Lipinski definition) is 8. The number of nitrogens with one attached hydrogen (secondary N) is 2. The van der Waals surface area contributed by atoms with Crippen LogP contribution in [0.3, 0.4) is 0 Å². The highest BCUT2D eigenvalue weighted by Gasteiger charge is 2.27. The van der Waals surface area contributed by atoms with Crippen LogP contribution in [-0.2, 0) is 0 Å². The molecule has 1 saturated carbocycles. The zero-order valence-electron chi connectivity index (χ0n) is 23.3. The number of pyridine rings is 1. The standard InChI is InChI=1S/C32H24ClN9/c33-27-15-24(38-31(22-8-4-5-20(13-22)16-35)29-19-42(41-40-29)25-9-10-25)14-26-30(23(17-36)18-37-32(26)27)39-28(11-12-34)21-6-2-1-3-7-21/h1-8,13-15,18-19,25,28,31,38H,9-11H2,(H,37,39)/t28-,31-/m0/s1/i31D. The normalized spacial score (nSPS) is 15.0. The smallest absolute Gasteiger partial charge is 0.109 e. The molecule has 0 spiro atoms. The number of nitriles is 3. The molecule has 1 aliphatic carbocycles. The van der Waals surface area contributed by atoms with Crippen LogP contribution in [0.15, 0.2) is 79.1 Å². The van der Waals surface area contributed by atoms with Crippen LogP contribution in [0.5, 0.6) is 0 Å². The lowest BCUT2D eigenvalue weighted by Crippen LogP contribution is -2.14. The first-order valence-corrected chi connectivity index (χ1v) is 13.7. The minimum absolute atomic E-state index is 0.159. The molecule has 5 aromatic rings. The first kappa shape index (κ1) is 25.5. The van der Waals surface area contributed by atoms with Crippen molar-refractivity contribution in [2.75, 3.05) is 10.6 Å². The Morgan fingerprint density at radius 3 is 2.55 bits per heavy atom.